The van der Waals surface area contributed by atoms with E-state index < -0.39 is 17.3 Å². The summed E-state index contributed by atoms with van der Waals surface area (Å²) in [6.45, 7) is 0. The Labute approximate surface area is 182 Å². The van der Waals surface area contributed by atoms with Crippen LogP contribution in [0.15, 0.2) is 69.9 Å². The smallest absolute Gasteiger partial charge is 0.312 e. The Morgan fingerprint density at radius 1 is 1.00 bits per heavy atom. The molecule has 0 spiro atoms. The van der Waals surface area contributed by atoms with Gasteiger partial charge in [0.25, 0.3) is 0 Å². The Morgan fingerprint density at radius 3 is 2.50 bits per heavy atom. The summed E-state index contributed by atoms with van der Waals surface area (Å²) in [6.07, 6.45) is 0.0143. The molecule has 0 aliphatic carbocycles. The lowest BCUT2D eigenvalue weighted by molar-refractivity contribution is -0.135. The van der Waals surface area contributed by atoms with E-state index in [1.807, 2.05) is 18.2 Å². The molecule has 3 aromatic carbocycles. The van der Waals surface area contributed by atoms with Gasteiger partial charge in [-0.2, -0.15) is 0 Å². The van der Waals surface area contributed by atoms with Crippen LogP contribution in [-0.2, 0) is 4.79 Å². The van der Waals surface area contributed by atoms with Crippen LogP contribution in [0.1, 0.15) is 23.5 Å². The molecule has 0 amide bonds. The number of benzene rings is 3. The van der Waals surface area contributed by atoms with E-state index in [4.69, 9.17) is 13.9 Å². The molecule has 1 aliphatic rings. The number of phenols is 2. The summed E-state index contributed by atoms with van der Waals surface area (Å²) in [4.78, 5) is 25.4. The molecule has 0 unspecified atom stereocenters. The minimum Gasteiger partial charge on any atom is -0.508 e. The summed E-state index contributed by atoms with van der Waals surface area (Å²) < 4.78 is 17.0. The molecule has 1 atom stereocenters. The van der Waals surface area contributed by atoms with Crippen molar-refractivity contribution in [3.8, 4) is 34.3 Å². The fourth-order valence-corrected chi connectivity index (χ4v) is 4.15. The van der Waals surface area contributed by atoms with Crippen LogP contribution in [0, 0.1) is 0 Å². The molecule has 0 fully saturated rings. The van der Waals surface area contributed by atoms with E-state index in [1.165, 1.54) is 24.3 Å². The Hall–Kier alpha value is -4.26. The lowest BCUT2D eigenvalue weighted by Gasteiger charge is -2.27. The molecule has 0 saturated carbocycles. The molecule has 0 saturated heterocycles. The first-order valence-electron chi connectivity index (χ1n) is 9.93. The average molecular weight is 430 g/mol. The molecule has 160 valence electrons. The number of ether oxygens (including phenoxy) is 2. The van der Waals surface area contributed by atoms with Gasteiger partial charge in [-0.25, -0.2) is 0 Å². The van der Waals surface area contributed by atoms with Gasteiger partial charge in [0.2, 0.25) is 0 Å². The number of esters is 1. The number of hydrogen-bond acceptors (Lipinski definition) is 7. The van der Waals surface area contributed by atoms with Crippen LogP contribution in [0.25, 0.3) is 22.3 Å². The predicted octanol–water partition coefficient (Wildman–Crippen LogP) is 4.32. The van der Waals surface area contributed by atoms with Crippen molar-refractivity contribution in [1.82, 2.24) is 0 Å². The van der Waals surface area contributed by atoms with Crippen molar-refractivity contribution in [2.24, 2.45) is 0 Å². The highest BCUT2D eigenvalue weighted by molar-refractivity contribution is 5.93. The molecule has 1 aromatic heterocycles. The number of rotatable bonds is 3. The monoisotopic (exact) mass is 430 g/mol. The average Bonchev–Trinajstić information content (AvgIpc) is 2.78. The summed E-state index contributed by atoms with van der Waals surface area (Å²) in [5.41, 5.74) is 1.49. The first-order valence-corrected chi connectivity index (χ1v) is 9.93. The molecule has 4 aromatic rings. The van der Waals surface area contributed by atoms with Crippen LogP contribution < -0.4 is 14.9 Å². The summed E-state index contributed by atoms with van der Waals surface area (Å²) in [5.74, 6) is -0.267. The van der Waals surface area contributed by atoms with Gasteiger partial charge in [-0.1, -0.05) is 18.2 Å². The Morgan fingerprint density at radius 2 is 1.75 bits per heavy atom. The largest absolute Gasteiger partial charge is 0.508 e. The fraction of sp³-hybridized carbons (Fsp3) is 0.120. The number of methoxy groups -OCH3 is 1. The first kappa shape index (κ1) is 19.7. The van der Waals surface area contributed by atoms with Gasteiger partial charge in [-0.15, -0.1) is 0 Å². The maximum Gasteiger partial charge on any atom is 0.312 e. The normalized spacial score (nSPS) is 15.3. The Bertz CT molecular complexity index is 1420. The molecule has 0 bridgehead atoms. The molecular formula is C25H18O7. The molecule has 0 radical (unpaired) electrons. The molecule has 7 nitrogen and oxygen atoms in total. The van der Waals surface area contributed by atoms with Crippen LogP contribution in [0.4, 0.5) is 0 Å². The Kier molecular flexibility index (Phi) is 4.59. The van der Waals surface area contributed by atoms with Crippen molar-refractivity contribution in [1.29, 1.82) is 0 Å². The second kappa shape index (κ2) is 7.46. The summed E-state index contributed by atoms with van der Waals surface area (Å²) in [5, 5.41) is 20.1. The fourth-order valence-electron chi connectivity index (χ4n) is 4.15. The molecule has 1 aliphatic heterocycles. The standard InChI is InChI=1S/C25H18O7/c1-30-19-5-3-2-4-15(19)16-10-22(29)31-21-12-18(28)24-17(27)11-20(32-25(24)23(16)21)13-6-8-14(26)9-7-13/h2-9,11-12,16,26,28H,10H2,1H3/t16-/m1/s1. The molecule has 7 heteroatoms. The van der Waals surface area contributed by atoms with E-state index >= 15 is 0 Å². The number of para-hydroxylation sites is 1. The predicted molar refractivity (Wildman–Crippen MR) is 116 cm³/mol. The summed E-state index contributed by atoms with van der Waals surface area (Å²) in [6, 6.07) is 16.0. The minimum absolute atomic E-state index is 0.00382. The SMILES string of the molecule is COc1ccccc1[C@H]1CC(=O)Oc2cc(O)c3c(=O)cc(-c4ccc(O)cc4)oc3c21. The number of hydrogen-bond donors (Lipinski definition) is 2. The van der Waals surface area contributed by atoms with Crippen molar-refractivity contribution in [2.45, 2.75) is 12.3 Å². The van der Waals surface area contributed by atoms with Gasteiger partial charge in [0, 0.05) is 34.7 Å². The van der Waals surface area contributed by atoms with Crippen LogP contribution in [0.3, 0.4) is 0 Å². The lowest BCUT2D eigenvalue weighted by Crippen LogP contribution is -2.22. The lowest BCUT2D eigenvalue weighted by atomic mass is 9.84. The van der Waals surface area contributed by atoms with Gasteiger partial charge in [-0.05, 0) is 30.3 Å². The number of carbonyl (C=O) groups is 1. The third-order valence-electron chi connectivity index (χ3n) is 5.59. The van der Waals surface area contributed by atoms with Crippen molar-refractivity contribution in [3.05, 3.63) is 82.0 Å². The zero-order valence-corrected chi connectivity index (χ0v) is 17.0. The first-order chi connectivity index (χ1) is 15.5. The third-order valence-corrected chi connectivity index (χ3v) is 5.59. The van der Waals surface area contributed by atoms with Gasteiger partial charge in [-0.3, -0.25) is 9.59 Å². The van der Waals surface area contributed by atoms with E-state index in [0.29, 0.717) is 16.9 Å². The van der Waals surface area contributed by atoms with E-state index in [-0.39, 0.29) is 40.4 Å². The second-order valence-electron chi connectivity index (χ2n) is 7.51. The Balaban J connectivity index is 1.83. The zero-order chi connectivity index (χ0) is 22.4. The van der Waals surface area contributed by atoms with E-state index in [1.54, 1.807) is 25.3 Å². The van der Waals surface area contributed by atoms with Crippen LogP contribution in [0.2, 0.25) is 0 Å². The topological polar surface area (TPSA) is 106 Å². The minimum atomic E-state index is -0.510. The maximum atomic E-state index is 13.0. The highest BCUT2D eigenvalue weighted by Gasteiger charge is 2.34. The summed E-state index contributed by atoms with van der Waals surface area (Å²) in [7, 11) is 1.54. The molecule has 32 heavy (non-hydrogen) atoms. The highest BCUT2D eigenvalue weighted by Crippen LogP contribution is 2.47. The number of carbonyl (C=O) groups excluding carboxylic acids is 1. The third kappa shape index (κ3) is 3.15. The van der Waals surface area contributed by atoms with Crippen molar-refractivity contribution in [2.75, 3.05) is 7.11 Å². The number of phenolic OH excluding ortho intramolecular Hbond substituents is 2. The van der Waals surface area contributed by atoms with Gasteiger partial charge >= 0.3 is 5.97 Å². The number of fused-ring (bicyclic) bond motifs is 3. The van der Waals surface area contributed by atoms with Gasteiger partial charge in [0.1, 0.15) is 39.7 Å². The van der Waals surface area contributed by atoms with Gasteiger partial charge in [0.15, 0.2) is 5.43 Å². The molecular weight excluding hydrogens is 412 g/mol. The van der Waals surface area contributed by atoms with Crippen LogP contribution >= 0.6 is 0 Å². The van der Waals surface area contributed by atoms with Crippen molar-refractivity contribution in [3.63, 3.8) is 0 Å². The quantitative estimate of drug-likeness (QED) is 0.368. The highest BCUT2D eigenvalue weighted by atomic mass is 16.5. The number of aromatic hydroxyl groups is 2. The second-order valence-corrected chi connectivity index (χ2v) is 7.51. The van der Waals surface area contributed by atoms with E-state index in [9.17, 15) is 19.8 Å². The van der Waals surface area contributed by atoms with Gasteiger partial charge in [0.05, 0.1) is 13.5 Å². The summed E-state index contributed by atoms with van der Waals surface area (Å²) >= 11 is 0. The van der Waals surface area contributed by atoms with Gasteiger partial charge < -0.3 is 24.1 Å². The van der Waals surface area contributed by atoms with Crippen LogP contribution in [0.5, 0.6) is 23.0 Å². The van der Waals surface area contributed by atoms with Crippen molar-refractivity contribution < 1.29 is 28.9 Å². The zero-order valence-electron chi connectivity index (χ0n) is 17.0. The van der Waals surface area contributed by atoms with Crippen LogP contribution in [-0.4, -0.2) is 23.3 Å². The van der Waals surface area contributed by atoms with E-state index in [2.05, 4.69) is 0 Å². The molecule has 2 heterocycles. The molecule has 5 rings (SSSR count). The molecule has 2 N–H and O–H groups in total. The van der Waals surface area contributed by atoms with E-state index in [0.717, 1.165) is 5.56 Å². The van der Waals surface area contributed by atoms with Crippen molar-refractivity contribution >= 4 is 16.9 Å². The maximum absolute atomic E-state index is 13.0.